The summed E-state index contributed by atoms with van der Waals surface area (Å²) in [5.74, 6) is 3.51. The number of aromatic nitrogens is 1. The van der Waals surface area contributed by atoms with Gasteiger partial charge in [0.1, 0.15) is 6.10 Å². The summed E-state index contributed by atoms with van der Waals surface area (Å²) < 4.78 is 11.4. The molecule has 0 bridgehead atoms. The second kappa shape index (κ2) is 11.3. The molecule has 3 fully saturated rings. The van der Waals surface area contributed by atoms with E-state index < -0.39 is 0 Å². The average Bonchev–Trinajstić information content (AvgIpc) is 3.20. The van der Waals surface area contributed by atoms with Crippen LogP contribution >= 0.6 is 24.0 Å². The van der Waals surface area contributed by atoms with Crippen molar-refractivity contribution in [1.29, 1.82) is 0 Å². The smallest absolute Gasteiger partial charge is 0.213 e. The maximum Gasteiger partial charge on any atom is 0.213 e. The highest BCUT2D eigenvalue weighted by Crippen LogP contribution is 2.42. The number of rotatable bonds is 5. The van der Waals surface area contributed by atoms with E-state index >= 15 is 0 Å². The SMILES string of the molecule is CN=C(NCc1ccnc(OC2CCOCC2)c1)NC1CCC2CCCC2C1.I. The predicted octanol–water partition coefficient (Wildman–Crippen LogP) is 3.89. The first-order valence-corrected chi connectivity index (χ1v) is 11.0. The van der Waals surface area contributed by atoms with Crippen LogP contribution in [-0.4, -0.2) is 43.4 Å². The van der Waals surface area contributed by atoms with Gasteiger partial charge in [-0.2, -0.15) is 0 Å². The van der Waals surface area contributed by atoms with Crippen molar-refractivity contribution in [3.63, 3.8) is 0 Å². The summed E-state index contributed by atoms with van der Waals surface area (Å²) in [7, 11) is 1.85. The van der Waals surface area contributed by atoms with Crippen LogP contribution in [0.15, 0.2) is 23.3 Å². The number of nitrogens with zero attached hydrogens (tertiary/aromatic N) is 2. The number of ether oxygens (including phenoxy) is 2. The highest BCUT2D eigenvalue weighted by atomic mass is 127. The molecule has 3 unspecified atom stereocenters. The number of hydrogen-bond acceptors (Lipinski definition) is 4. The topological polar surface area (TPSA) is 67.8 Å². The molecule has 0 aromatic carbocycles. The number of aliphatic imine (C=N–C) groups is 1. The van der Waals surface area contributed by atoms with Crippen LogP contribution in [0.5, 0.6) is 5.88 Å². The fourth-order valence-corrected chi connectivity index (χ4v) is 5.00. The van der Waals surface area contributed by atoms with Gasteiger partial charge in [0.25, 0.3) is 0 Å². The molecule has 2 saturated carbocycles. The molecule has 0 amide bonds. The molecule has 3 atom stereocenters. The van der Waals surface area contributed by atoms with Crippen LogP contribution < -0.4 is 15.4 Å². The minimum absolute atomic E-state index is 0. The largest absolute Gasteiger partial charge is 0.474 e. The number of pyridine rings is 1. The molecular weight excluding hydrogens is 479 g/mol. The van der Waals surface area contributed by atoms with Crippen molar-refractivity contribution < 1.29 is 9.47 Å². The molecule has 0 spiro atoms. The maximum absolute atomic E-state index is 6.03. The van der Waals surface area contributed by atoms with Gasteiger partial charge in [-0.15, -0.1) is 24.0 Å². The van der Waals surface area contributed by atoms with Gasteiger partial charge in [-0.1, -0.05) is 19.3 Å². The summed E-state index contributed by atoms with van der Waals surface area (Å²) in [5.41, 5.74) is 1.15. The molecule has 1 saturated heterocycles. The predicted molar refractivity (Wildman–Crippen MR) is 126 cm³/mol. The van der Waals surface area contributed by atoms with Gasteiger partial charge in [-0.25, -0.2) is 4.98 Å². The molecule has 2 N–H and O–H groups in total. The maximum atomic E-state index is 6.03. The van der Waals surface area contributed by atoms with Crippen molar-refractivity contribution in [2.24, 2.45) is 16.8 Å². The van der Waals surface area contributed by atoms with Crippen LogP contribution in [0.4, 0.5) is 0 Å². The van der Waals surface area contributed by atoms with Crippen LogP contribution in [0, 0.1) is 11.8 Å². The van der Waals surface area contributed by atoms with Crippen LogP contribution in [0.1, 0.15) is 56.9 Å². The molecule has 1 aliphatic heterocycles. The third-order valence-corrected chi connectivity index (χ3v) is 6.57. The average molecular weight is 514 g/mol. The Morgan fingerprint density at radius 2 is 2.00 bits per heavy atom. The quantitative estimate of drug-likeness (QED) is 0.355. The van der Waals surface area contributed by atoms with Crippen molar-refractivity contribution in [2.75, 3.05) is 20.3 Å². The lowest BCUT2D eigenvalue weighted by atomic mass is 9.79. The van der Waals surface area contributed by atoms with Crippen LogP contribution in [0.25, 0.3) is 0 Å². The van der Waals surface area contributed by atoms with Crippen LogP contribution in [0.2, 0.25) is 0 Å². The van der Waals surface area contributed by atoms with E-state index in [4.69, 9.17) is 9.47 Å². The Morgan fingerprint density at radius 1 is 1.17 bits per heavy atom. The van der Waals surface area contributed by atoms with E-state index in [9.17, 15) is 0 Å². The zero-order valence-corrected chi connectivity index (χ0v) is 19.8. The van der Waals surface area contributed by atoms with Crippen LogP contribution in [0.3, 0.4) is 0 Å². The Kier molecular flexibility index (Phi) is 8.84. The normalized spacial score (nSPS) is 27.6. The third-order valence-electron chi connectivity index (χ3n) is 6.57. The Balaban J connectivity index is 0.00000240. The van der Waals surface area contributed by atoms with Gasteiger partial charge in [0, 0.05) is 44.7 Å². The summed E-state index contributed by atoms with van der Waals surface area (Å²) in [6.45, 7) is 2.26. The van der Waals surface area contributed by atoms with E-state index in [0.29, 0.717) is 18.5 Å². The molecule has 3 aliphatic rings. The van der Waals surface area contributed by atoms with Crippen molar-refractivity contribution in [1.82, 2.24) is 15.6 Å². The van der Waals surface area contributed by atoms with Gasteiger partial charge in [0.15, 0.2) is 5.96 Å². The standard InChI is InChI=1S/C22H34N4O2.HI/c1-23-22(26-19-6-5-17-3-2-4-18(17)14-19)25-15-16-7-10-24-21(13-16)28-20-8-11-27-12-9-20;/h7,10,13,17-20H,2-6,8-9,11-12,14-15H2,1H3,(H2,23,25,26);1H. The summed E-state index contributed by atoms with van der Waals surface area (Å²) in [4.78, 5) is 8.80. The lowest BCUT2D eigenvalue weighted by Crippen LogP contribution is -2.45. The zero-order valence-electron chi connectivity index (χ0n) is 17.4. The van der Waals surface area contributed by atoms with E-state index in [2.05, 4.69) is 20.6 Å². The summed E-state index contributed by atoms with van der Waals surface area (Å²) in [5, 5.41) is 7.11. The van der Waals surface area contributed by atoms with Crippen molar-refractivity contribution in [3.05, 3.63) is 23.9 Å². The summed E-state index contributed by atoms with van der Waals surface area (Å²) >= 11 is 0. The Bertz CT molecular complexity index is 666. The first kappa shape index (κ1) is 22.6. The molecular formula is C22H35IN4O2. The first-order valence-electron chi connectivity index (χ1n) is 11.0. The third kappa shape index (κ3) is 6.44. The summed E-state index contributed by atoms with van der Waals surface area (Å²) in [6, 6.07) is 4.61. The second-order valence-corrected chi connectivity index (χ2v) is 8.46. The number of halogens is 1. The van der Waals surface area contributed by atoms with Gasteiger partial charge in [0.2, 0.25) is 5.88 Å². The van der Waals surface area contributed by atoms with E-state index in [0.717, 1.165) is 49.4 Å². The van der Waals surface area contributed by atoms with Crippen LogP contribution in [-0.2, 0) is 11.3 Å². The molecule has 1 aromatic heterocycles. The van der Waals surface area contributed by atoms with Crippen molar-refractivity contribution in [3.8, 4) is 5.88 Å². The van der Waals surface area contributed by atoms with Gasteiger partial charge < -0.3 is 20.1 Å². The highest BCUT2D eigenvalue weighted by molar-refractivity contribution is 14.0. The van der Waals surface area contributed by atoms with Gasteiger partial charge in [0.05, 0.1) is 13.2 Å². The Labute approximate surface area is 191 Å². The molecule has 2 heterocycles. The molecule has 2 aliphatic carbocycles. The van der Waals surface area contributed by atoms with E-state index in [1.54, 1.807) is 0 Å². The van der Waals surface area contributed by atoms with Crippen molar-refractivity contribution in [2.45, 2.75) is 70.1 Å². The number of hydrogen-bond donors (Lipinski definition) is 2. The van der Waals surface area contributed by atoms with E-state index in [-0.39, 0.29) is 30.1 Å². The highest BCUT2D eigenvalue weighted by Gasteiger charge is 2.33. The molecule has 162 valence electrons. The molecule has 7 heteroatoms. The zero-order chi connectivity index (χ0) is 19.2. The molecule has 6 nitrogen and oxygen atoms in total. The fourth-order valence-electron chi connectivity index (χ4n) is 5.00. The number of fused-ring (bicyclic) bond motifs is 1. The first-order chi connectivity index (χ1) is 13.8. The summed E-state index contributed by atoms with van der Waals surface area (Å²) in [6.07, 6.45) is 12.1. The molecule has 1 aromatic rings. The van der Waals surface area contributed by atoms with Crippen molar-refractivity contribution >= 4 is 29.9 Å². The van der Waals surface area contributed by atoms with Gasteiger partial charge >= 0.3 is 0 Å². The van der Waals surface area contributed by atoms with E-state index in [1.165, 1.54) is 38.5 Å². The lowest BCUT2D eigenvalue weighted by molar-refractivity contribution is 0.0237. The number of nitrogens with one attached hydrogen (secondary N) is 2. The molecule has 4 rings (SSSR count). The molecule has 29 heavy (non-hydrogen) atoms. The minimum Gasteiger partial charge on any atom is -0.474 e. The Morgan fingerprint density at radius 3 is 2.83 bits per heavy atom. The minimum atomic E-state index is 0. The lowest BCUT2D eigenvalue weighted by Gasteiger charge is -2.33. The molecule has 0 radical (unpaired) electrons. The Hall–Kier alpha value is -1.09. The van der Waals surface area contributed by atoms with E-state index in [1.807, 2.05) is 25.4 Å². The number of guanidine groups is 1. The fraction of sp³-hybridized carbons (Fsp3) is 0.727. The second-order valence-electron chi connectivity index (χ2n) is 8.46. The van der Waals surface area contributed by atoms with Gasteiger partial charge in [-0.3, -0.25) is 4.99 Å². The van der Waals surface area contributed by atoms with Gasteiger partial charge in [-0.05, 0) is 42.7 Å². The monoisotopic (exact) mass is 514 g/mol.